The average molecular weight is 202 g/mol. The predicted molar refractivity (Wildman–Crippen MR) is 55.1 cm³/mol. The van der Waals surface area contributed by atoms with Crippen molar-refractivity contribution in [3.63, 3.8) is 0 Å². The minimum Gasteiger partial charge on any atom is -0.319 e. The number of hydrogen-bond acceptors (Lipinski definition) is 2. The van der Waals surface area contributed by atoms with Crippen LogP contribution in [0.4, 0.5) is 0 Å². The normalized spacial score (nSPS) is 13.2. The van der Waals surface area contributed by atoms with Crippen LogP contribution in [0, 0.1) is 12.8 Å². The molecule has 0 spiro atoms. The van der Waals surface area contributed by atoms with Crippen LogP contribution in [0.15, 0.2) is 6.20 Å². The molecule has 0 aliphatic heterocycles. The summed E-state index contributed by atoms with van der Waals surface area (Å²) in [5, 5.41) is 8.08. The fourth-order valence-electron chi connectivity index (χ4n) is 1.30. The zero-order valence-corrected chi connectivity index (χ0v) is 9.10. The average Bonchev–Trinajstić information content (AvgIpc) is 2.37. The van der Waals surface area contributed by atoms with Crippen LogP contribution >= 0.6 is 11.6 Å². The highest BCUT2D eigenvalue weighted by Gasteiger charge is 2.07. The molecule has 1 unspecified atom stereocenters. The molecule has 0 radical (unpaired) electrons. The van der Waals surface area contributed by atoms with Gasteiger partial charge in [0.2, 0.25) is 0 Å². The number of halogens is 1. The quantitative estimate of drug-likeness (QED) is 0.804. The second-order valence-corrected chi connectivity index (χ2v) is 3.82. The Kier molecular flexibility index (Phi) is 3.75. The molecule has 1 aromatic rings. The first kappa shape index (κ1) is 10.5. The van der Waals surface area contributed by atoms with Crippen LogP contribution in [-0.2, 0) is 6.54 Å². The lowest BCUT2D eigenvalue weighted by atomic mass is 10.2. The van der Waals surface area contributed by atoms with Crippen molar-refractivity contribution in [2.24, 2.45) is 5.92 Å². The van der Waals surface area contributed by atoms with Gasteiger partial charge in [-0.3, -0.25) is 4.68 Å². The summed E-state index contributed by atoms with van der Waals surface area (Å²) in [6, 6.07) is 0. The van der Waals surface area contributed by atoms with Crippen LogP contribution in [0.3, 0.4) is 0 Å². The van der Waals surface area contributed by atoms with Crippen molar-refractivity contribution in [1.82, 2.24) is 15.1 Å². The Labute approximate surface area is 84.1 Å². The molecular weight excluding hydrogens is 186 g/mol. The third kappa shape index (κ3) is 2.71. The maximum Gasteiger partial charge on any atom is 0.129 e. The van der Waals surface area contributed by atoms with Crippen LogP contribution in [0.5, 0.6) is 0 Å². The van der Waals surface area contributed by atoms with Crippen LogP contribution < -0.4 is 5.32 Å². The number of rotatable bonds is 4. The third-order valence-corrected chi connectivity index (χ3v) is 2.47. The van der Waals surface area contributed by atoms with E-state index in [2.05, 4.69) is 17.3 Å². The lowest BCUT2D eigenvalue weighted by Crippen LogP contribution is -2.21. The lowest BCUT2D eigenvalue weighted by molar-refractivity contribution is 0.435. The fraction of sp³-hybridized carbons (Fsp3) is 0.667. The van der Waals surface area contributed by atoms with Gasteiger partial charge < -0.3 is 5.32 Å². The summed E-state index contributed by atoms with van der Waals surface area (Å²) in [7, 11) is 1.95. The van der Waals surface area contributed by atoms with Gasteiger partial charge in [-0.15, -0.1) is 0 Å². The molecule has 1 rings (SSSR count). The van der Waals surface area contributed by atoms with Gasteiger partial charge in [0.1, 0.15) is 5.15 Å². The van der Waals surface area contributed by atoms with Crippen molar-refractivity contribution in [2.45, 2.75) is 20.4 Å². The summed E-state index contributed by atoms with van der Waals surface area (Å²) in [5.41, 5.74) is 1.04. The summed E-state index contributed by atoms with van der Waals surface area (Å²) in [5.74, 6) is 0.543. The summed E-state index contributed by atoms with van der Waals surface area (Å²) in [6.45, 7) is 5.99. The van der Waals surface area contributed by atoms with Crippen molar-refractivity contribution < 1.29 is 0 Å². The first-order valence-electron chi connectivity index (χ1n) is 4.47. The highest BCUT2D eigenvalue weighted by Crippen LogP contribution is 2.14. The van der Waals surface area contributed by atoms with Crippen molar-refractivity contribution in [3.8, 4) is 0 Å². The maximum atomic E-state index is 6.03. The molecule has 4 heteroatoms. The van der Waals surface area contributed by atoms with E-state index < -0.39 is 0 Å². The van der Waals surface area contributed by atoms with Gasteiger partial charge in [-0.1, -0.05) is 18.5 Å². The van der Waals surface area contributed by atoms with Crippen LogP contribution in [0.25, 0.3) is 0 Å². The molecule has 1 atom stereocenters. The molecule has 13 heavy (non-hydrogen) atoms. The van der Waals surface area contributed by atoms with Crippen molar-refractivity contribution in [1.29, 1.82) is 0 Å². The van der Waals surface area contributed by atoms with Gasteiger partial charge in [0.25, 0.3) is 0 Å². The number of hydrogen-bond donors (Lipinski definition) is 1. The number of aryl methyl sites for hydroxylation is 1. The topological polar surface area (TPSA) is 29.9 Å². The Morgan fingerprint density at radius 3 is 2.85 bits per heavy atom. The maximum absolute atomic E-state index is 6.03. The van der Waals surface area contributed by atoms with Gasteiger partial charge in [-0.25, -0.2) is 0 Å². The lowest BCUT2D eigenvalue weighted by Gasteiger charge is -2.11. The zero-order chi connectivity index (χ0) is 9.84. The molecule has 0 fully saturated rings. The predicted octanol–water partition coefficient (Wildman–Crippen LogP) is 1.70. The third-order valence-electron chi connectivity index (χ3n) is 1.98. The van der Waals surface area contributed by atoms with Crippen LogP contribution in [0.1, 0.15) is 12.5 Å². The summed E-state index contributed by atoms with van der Waals surface area (Å²) < 4.78 is 1.85. The fourth-order valence-corrected chi connectivity index (χ4v) is 1.46. The molecule has 1 N–H and O–H groups in total. The van der Waals surface area contributed by atoms with Crippen molar-refractivity contribution >= 4 is 11.6 Å². The summed E-state index contributed by atoms with van der Waals surface area (Å²) >= 11 is 6.03. The van der Waals surface area contributed by atoms with Crippen LogP contribution in [0.2, 0.25) is 5.15 Å². The van der Waals surface area contributed by atoms with E-state index >= 15 is 0 Å². The van der Waals surface area contributed by atoms with Crippen LogP contribution in [-0.4, -0.2) is 23.4 Å². The molecule has 1 aromatic heterocycles. The van der Waals surface area contributed by atoms with E-state index in [1.807, 2.05) is 18.7 Å². The van der Waals surface area contributed by atoms with E-state index in [-0.39, 0.29) is 0 Å². The highest BCUT2D eigenvalue weighted by atomic mass is 35.5. The Balaban J connectivity index is 2.58. The highest BCUT2D eigenvalue weighted by molar-refractivity contribution is 6.30. The first-order valence-corrected chi connectivity index (χ1v) is 4.85. The van der Waals surface area contributed by atoms with E-state index in [0.717, 1.165) is 23.8 Å². The Hall–Kier alpha value is -0.540. The Morgan fingerprint density at radius 2 is 2.38 bits per heavy atom. The molecule has 1 heterocycles. The van der Waals surface area contributed by atoms with Gasteiger partial charge in [-0.2, -0.15) is 5.10 Å². The van der Waals surface area contributed by atoms with E-state index in [0.29, 0.717) is 5.92 Å². The molecule has 0 saturated carbocycles. The molecule has 0 aliphatic carbocycles. The molecule has 74 valence electrons. The number of nitrogens with one attached hydrogen (secondary N) is 1. The standard InChI is InChI=1S/C9H16ClN3/c1-7(4-11-3)6-13-9(10)8(2)5-12-13/h5,7,11H,4,6H2,1-3H3. The van der Waals surface area contributed by atoms with Crippen molar-refractivity contribution in [2.75, 3.05) is 13.6 Å². The second kappa shape index (κ2) is 4.63. The smallest absolute Gasteiger partial charge is 0.129 e. The zero-order valence-electron chi connectivity index (χ0n) is 8.34. The SMILES string of the molecule is CNCC(C)Cn1ncc(C)c1Cl. The van der Waals surface area contributed by atoms with E-state index in [1.54, 1.807) is 6.20 Å². The molecular formula is C9H16ClN3. The van der Waals surface area contributed by atoms with Gasteiger partial charge in [0, 0.05) is 12.1 Å². The molecule has 0 bridgehead atoms. The van der Waals surface area contributed by atoms with Gasteiger partial charge in [0.05, 0.1) is 6.20 Å². The van der Waals surface area contributed by atoms with Crippen molar-refractivity contribution in [3.05, 3.63) is 16.9 Å². The molecule has 0 aromatic carbocycles. The molecule has 0 aliphatic rings. The van der Waals surface area contributed by atoms with E-state index in [1.165, 1.54) is 0 Å². The monoisotopic (exact) mass is 201 g/mol. The minimum atomic E-state index is 0.543. The van der Waals surface area contributed by atoms with Gasteiger partial charge >= 0.3 is 0 Å². The van der Waals surface area contributed by atoms with Gasteiger partial charge in [0.15, 0.2) is 0 Å². The molecule has 3 nitrogen and oxygen atoms in total. The second-order valence-electron chi connectivity index (χ2n) is 3.46. The minimum absolute atomic E-state index is 0.543. The first-order chi connectivity index (χ1) is 6.15. The Bertz CT molecular complexity index is 270. The van der Waals surface area contributed by atoms with Gasteiger partial charge in [-0.05, 0) is 26.4 Å². The number of aromatic nitrogens is 2. The Morgan fingerprint density at radius 1 is 1.69 bits per heavy atom. The summed E-state index contributed by atoms with van der Waals surface area (Å²) in [4.78, 5) is 0. The van der Waals surface area contributed by atoms with E-state index in [4.69, 9.17) is 11.6 Å². The summed E-state index contributed by atoms with van der Waals surface area (Å²) in [6.07, 6.45) is 1.80. The molecule has 0 saturated heterocycles. The molecule has 0 amide bonds. The number of nitrogens with zero attached hydrogens (tertiary/aromatic N) is 2. The van der Waals surface area contributed by atoms with E-state index in [9.17, 15) is 0 Å². The largest absolute Gasteiger partial charge is 0.319 e.